The molecule has 1 aliphatic heterocycles. The summed E-state index contributed by atoms with van der Waals surface area (Å²) < 4.78 is 26.4. The number of nitrogens with one attached hydrogen (secondary N) is 2. The van der Waals surface area contributed by atoms with Crippen molar-refractivity contribution in [3.8, 4) is 0 Å². The summed E-state index contributed by atoms with van der Waals surface area (Å²) in [7, 11) is 0. The third kappa shape index (κ3) is 4.15. The van der Waals surface area contributed by atoms with Crippen molar-refractivity contribution in [1.82, 2.24) is 10.2 Å². The lowest BCUT2D eigenvalue weighted by Gasteiger charge is -2.36. The molecule has 0 saturated carbocycles. The van der Waals surface area contributed by atoms with Crippen LogP contribution in [0.4, 0.5) is 14.5 Å². The van der Waals surface area contributed by atoms with E-state index in [4.69, 9.17) is 0 Å². The van der Waals surface area contributed by atoms with Gasteiger partial charge in [-0.25, -0.2) is 8.78 Å². The molecule has 0 radical (unpaired) electrons. The minimum atomic E-state index is -0.346. The van der Waals surface area contributed by atoms with Gasteiger partial charge in [0.05, 0.1) is 6.54 Å². The number of nitrogens with zero attached hydrogens (tertiary/aromatic N) is 1. The quantitative estimate of drug-likeness (QED) is 0.905. The van der Waals surface area contributed by atoms with Gasteiger partial charge in [-0.1, -0.05) is 12.1 Å². The highest BCUT2D eigenvalue weighted by Crippen LogP contribution is 2.22. The molecule has 1 atom stereocenters. The third-order valence-corrected chi connectivity index (χ3v) is 4.06. The molecule has 2 aromatic carbocycles. The van der Waals surface area contributed by atoms with Crippen LogP contribution in [0, 0.1) is 11.6 Å². The Balaban J connectivity index is 1.67. The van der Waals surface area contributed by atoms with Gasteiger partial charge in [-0.05, 0) is 42.0 Å². The van der Waals surface area contributed by atoms with Crippen LogP contribution in [0.5, 0.6) is 0 Å². The van der Waals surface area contributed by atoms with Crippen molar-refractivity contribution >= 4 is 11.6 Å². The van der Waals surface area contributed by atoms with Crippen molar-refractivity contribution in [2.75, 3.05) is 31.5 Å². The minimum absolute atomic E-state index is 0.0617. The Labute approximate surface area is 139 Å². The van der Waals surface area contributed by atoms with Crippen LogP contribution in [0.15, 0.2) is 48.5 Å². The first-order valence-electron chi connectivity index (χ1n) is 7.87. The van der Waals surface area contributed by atoms with Gasteiger partial charge in [0, 0.05) is 31.4 Å². The van der Waals surface area contributed by atoms with Crippen LogP contribution in [-0.2, 0) is 4.79 Å². The number of amides is 1. The molecule has 0 aliphatic carbocycles. The average molecular weight is 331 g/mol. The Morgan fingerprint density at radius 1 is 1.17 bits per heavy atom. The van der Waals surface area contributed by atoms with E-state index in [2.05, 4.69) is 10.6 Å². The fourth-order valence-electron chi connectivity index (χ4n) is 2.90. The van der Waals surface area contributed by atoms with Gasteiger partial charge in [0.25, 0.3) is 0 Å². The zero-order chi connectivity index (χ0) is 16.9. The second-order valence-electron chi connectivity index (χ2n) is 5.80. The lowest BCUT2D eigenvalue weighted by Crippen LogP contribution is -2.48. The van der Waals surface area contributed by atoms with Gasteiger partial charge in [-0.3, -0.25) is 9.69 Å². The highest BCUT2D eigenvalue weighted by atomic mass is 19.1. The Hall–Kier alpha value is -2.31. The molecule has 1 amide bonds. The van der Waals surface area contributed by atoms with Crippen LogP contribution in [0.3, 0.4) is 0 Å². The van der Waals surface area contributed by atoms with Crippen LogP contribution in [0.1, 0.15) is 11.6 Å². The van der Waals surface area contributed by atoms with E-state index in [9.17, 15) is 13.6 Å². The van der Waals surface area contributed by atoms with Crippen molar-refractivity contribution in [1.29, 1.82) is 0 Å². The predicted molar refractivity (Wildman–Crippen MR) is 88.6 cm³/mol. The lowest BCUT2D eigenvalue weighted by molar-refractivity contribution is -0.118. The topological polar surface area (TPSA) is 44.4 Å². The molecule has 24 heavy (non-hydrogen) atoms. The molecular weight excluding hydrogens is 312 g/mol. The molecule has 126 valence electrons. The Kier molecular flexibility index (Phi) is 5.17. The zero-order valence-electron chi connectivity index (χ0n) is 13.1. The molecule has 3 rings (SSSR count). The summed E-state index contributed by atoms with van der Waals surface area (Å²) in [4.78, 5) is 14.3. The summed E-state index contributed by atoms with van der Waals surface area (Å²) in [6, 6.07) is 12.0. The summed E-state index contributed by atoms with van der Waals surface area (Å²) in [6.45, 7) is 2.32. The molecule has 1 saturated heterocycles. The summed E-state index contributed by atoms with van der Waals surface area (Å²) in [5.41, 5.74) is 1.40. The summed E-state index contributed by atoms with van der Waals surface area (Å²) in [5.74, 6) is -0.806. The van der Waals surface area contributed by atoms with E-state index in [-0.39, 0.29) is 30.1 Å². The number of carbonyl (C=O) groups is 1. The van der Waals surface area contributed by atoms with Gasteiger partial charge in [-0.2, -0.15) is 0 Å². The second-order valence-corrected chi connectivity index (χ2v) is 5.80. The maximum Gasteiger partial charge on any atom is 0.238 e. The molecule has 6 heteroatoms. The van der Waals surface area contributed by atoms with Gasteiger partial charge < -0.3 is 10.6 Å². The Morgan fingerprint density at radius 3 is 2.71 bits per heavy atom. The fraction of sp³-hybridized carbons (Fsp3) is 0.278. The van der Waals surface area contributed by atoms with E-state index in [0.29, 0.717) is 18.8 Å². The van der Waals surface area contributed by atoms with Crippen LogP contribution in [0.2, 0.25) is 0 Å². The van der Waals surface area contributed by atoms with E-state index < -0.39 is 0 Å². The van der Waals surface area contributed by atoms with E-state index in [0.717, 1.165) is 12.1 Å². The number of benzene rings is 2. The molecule has 4 nitrogen and oxygen atoms in total. The summed E-state index contributed by atoms with van der Waals surface area (Å²) in [5, 5.41) is 6.03. The smallest absolute Gasteiger partial charge is 0.238 e. The number of halogens is 2. The van der Waals surface area contributed by atoms with Gasteiger partial charge in [0.1, 0.15) is 11.6 Å². The number of hydrogen-bond acceptors (Lipinski definition) is 3. The first kappa shape index (κ1) is 16.5. The van der Waals surface area contributed by atoms with Crippen LogP contribution in [0.25, 0.3) is 0 Å². The van der Waals surface area contributed by atoms with Gasteiger partial charge in [0.15, 0.2) is 0 Å². The average Bonchev–Trinajstić information content (AvgIpc) is 2.57. The predicted octanol–water partition coefficient (Wildman–Crippen LogP) is 2.55. The first-order valence-corrected chi connectivity index (χ1v) is 7.87. The summed E-state index contributed by atoms with van der Waals surface area (Å²) >= 11 is 0. The highest BCUT2D eigenvalue weighted by Gasteiger charge is 2.25. The number of anilines is 1. The molecular formula is C18H19F2N3O. The van der Waals surface area contributed by atoms with Crippen molar-refractivity contribution in [3.63, 3.8) is 0 Å². The van der Waals surface area contributed by atoms with Gasteiger partial charge in [-0.15, -0.1) is 0 Å². The molecule has 1 heterocycles. The van der Waals surface area contributed by atoms with Crippen molar-refractivity contribution in [2.45, 2.75) is 6.04 Å². The van der Waals surface area contributed by atoms with Crippen molar-refractivity contribution < 1.29 is 13.6 Å². The van der Waals surface area contributed by atoms with Gasteiger partial charge >= 0.3 is 0 Å². The fourth-order valence-corrected chi connectivity index (χ4v) is 2.90. The van der Waals surface area contributed by atoms with E-state index in [1.807, 2.05) is 11.0 Å². The molecule has 2 N–H and O–H groups in total. The number of carbonyl (C=O) groups excluding carboxylic acids is 1. The third-order valence-electron chi connectivity index (χ3n) is 4.06. The Morgan fingerprint density at radius 2 is 1.96 bits per heavy atom. The molecule has 0 bridgehead atoms. The maximum absolute atomic E-state index is 13.5. The zero-order valence-corrected chi connectivity index (χ0v) is 13.1. The monoisotopic (exact) mass is 331 g/mol. The molecule has 1 fully saturated rings. The van der Waals surface area contributed by atoms with Crippen molar-refractivity contribution in [2.24, 2.45) is 0 Å². The van der Waals surface area contributed by atoms with E-state index >= 15 is 0 Å². The highest BCUT2D eigenvalue weighted by molar-refractivity contribution is 5.92. The second kappa shape index (κ2) is 7.51. The minimum Gasteiger partial charge on any atom is -0.325 e. The first-order chi connectivity index (χ1) is 11.6. The lowest BCUT2D eigenvalue weighted by atomic mass is 10.0. The van der Waals surface area contributed by atoms with E-state index in [1.54, 1.807) is 6.07 Å². The van der Waals surface area contributed by atoms with E-state index in [1.165, 1.54) is 36.4 Å². The normalized spacial score (nSPS) is 18.3. The van der Waals surface area contributed by atoms with Gasteiger partial charge in [0.2, 0.25) is 5.91 Å². The van der Waals surface area contributed by atoms with Crippen LogP contribution < -0.4 is 10.6 Å². The SMILES string of the molecule is O=C(CN1CCNCC1c1cccc(F)c1)Nc1ccc(F)cc1. The van der Waals surface area contributed by atoms with Crippen LogP contribution >= 0.6 is 0 Å². The molecule has 1 unspecified atom stereocenters. The summed E-state index contributed by atoms with van der Waals surface area (Å²) in [6.07, 6.45) is 0. The largest absolute Gasteiger partial charge is 0.325 e. The molecule has 2 aromatic rings. The molecule has 0 spiro atoms. The number of piperazine rings is 1. The maximum atomic E-state index is 13.5. The molecule has 0 aromatic heterocycles. The number of hydrogen-bond donors (Lipinski definition) is 2. The number of rotatable bonds is 4. The van der Waals surface area contributed by atoms with Crippen molar-refractivity contribution in [3.05, 3.63) is 65.7 Å². The molecule has 1 aliphatic rings. The Bertz CT molecular complexity index is 706. The van der Waals surface area contributed by atoms with Crippen LogP contribution in [-0.4, -0.2) is 37.0 Å². The standard InChI is InChI=1S/C18H19F2N3O/c19-14-4-6-16(7-5-14)22-18(24)12-23-9-8-21-11-17(23)13-2-1-3-15(20)10-13/h1-7,10,17,21H,8-9,11-12H2,(H,22,24).